The molecule has 0 saturated heterocycles. The van der Waals surface area contributed by atoms with Gasteiger partial charge in [0, 0.05) is 35.4 Å². The van der Waals surface area contributed by atoms with Crippen molar-refractivity contribution in [2.45, 2.75) is 25.7 Å². The van der Waals surface area contributed by atoms with Gasteiger partial charge >= 0.3 is 0 Å². The van der Waals surface area contributed by atoms with E-state index in [4.69, 9.17) is 18.9 Å². The Kier molecular flexibility index (Phi) is 8.79. The van der Waals surface area contributed by atoms with Gasteiger partial charge in [-0.05, 0) is 84.3 Å². The number of methoxy groups -OCH3 is 4. The molecule has 0 fully saturated rings. The van der Waals surface area contributed by atoms with E-state index in [2.05, 4.69) is 0 Å². The molecule has 0 aliphatic heterocycles. The van der Waals surface area contributed by atoms with Crippen LogP contribution in [-0.4, -0.2) is 48.9 Å². The summed E-state index contributed by atoms with van der Waals surface area (Å²) in [5, 5.41) is 39.5. The van der Waals surface area contributed by atoms with Crippen molar-refractivity contribution in [3.8, 4) is 57.1 Å². The lowest BCUT2D eigenvalue weighted by Crippen LogP contribution is -2.02. The van der Waals surface area contributed by atoms with Crippen LogP contribution in [0.1, 0.15) is 22.3 Å². The number of ether oxygens (including phenoxy) is 4. The molecule has 4 aromatic carbocycles. The maximum absolute atomic E-state index is 9.87. The highest BCUT2D eigenvalue weighted by Crippen LogP contribution is 2.43. The van der Waals surface area contributed by atoms with Gasteiger partial charge in [-0.3, -0.25) is 0 Å². The number of hydrogen-bond donors (Lipinski definition) is 4. The Morgan fingerprint density at radius 2 is 0.725 bits per heavy atom. The molecule has 0 spiro atoms. The monoisotopic (exact) mass is 546 g/mol. The minimum absolute atomic E-state index is 0.00816. The van der Waals surface area contributed by atoms with Gasteiger partial charge in [0.2, 0.25) is 0 Å². The first-order chi connectivity index (χ1) is 19.2. The summed E-state index contributed by atoms with van der Waals surface area (Å²) >= 11 is 0. The average Bonchev–Trinajstić information content (AvgIpc) is 2.93. The van der Waals surface area contributed by atoms with Crippen LogP contribution in [0.15, 0.2) is 60.7 Å². The zero-order chi connectivity index (χ0) is 28.8. The second kappa shape index (κ2) is 12.4. The zero-order valence-electron chi connectivity index (χ0n) is 23.0. The van der Waals surface area contributed by atoms with Crippen molar-refractivity contribution >= 4 is 0 Å². The van der Waals surface area contributed by atoms with E-state index in [9.17, 15) is 20.4 Å². The van der Waals surface area contributed by atoms with Gasteiger partial charge in [0.1, 0.15) is 46.0 Å². The van der Waals surface area contributed by atoms with Crippen molar-refractivity contribution in [2.75, 3.05) is 28.4 Å². The number of aromatic hydroxyl groups is 4. The molecular weight excluding hydrogens is 512 g/mol. The van der Waals surface area contributed by atoms with E-state index in [-0.39, 0.29) is 23.0 Å². The third-order valence-electron chi connectivity index (χ3n) is 6.79. The Bertz CT molecular complexity index is 1340. The summed E-state index contributed by atoms with van der Waals surface area (Å²) in [6.07, 6.45) is 2.28. The van der Waals surface area contributed by atoms with Crippen LogP contribution in [0.2, 0.25) is 0 Å². The van der Waals surface area contributed by atoms with Crippen molar-refractivity contribution in [3.63, 3.8) is 0 Å². The smallest absolute Gasteiger partial charge is 0.130 e. The first-order valence-corrected chi connectivity index (χ1v) is 12.8. The van der Waals surface area contributed by atoms with Crippen LogP contribution in [-0.2, 0) is 25.7 Å². The molecule has 0 aromatic heterocycles. The third kappa shape index (κ3) is 6.46. The number of phenolic OH excluding ortho intramolecular Hbond substituents is 4. The molecule has 4 rings (SSSR count). The van der Waals surface area contributed by atoms with Crippen LogP contribution in [0.3, 0.4) is 0 Å². The first kappa shape index (κ1) is 28.3. The molecule has 0 amide bonds. The fourth-order valence-corrected chi connectivity index (χ4v) is 4.90. The van der Waals surface area contributed by atoms with Crippen LogP contribution in [0.4, 0.5) is 0 Å². The number of phenols is 4. The number of benzene rings is 4. The fraction of sp³-hybridized carbons (Fsp3) is 0.250. The molecule has 40 heavy (non-hydrogen) atoms. The van der Waals surface area contributed by atoms with E-state index in [0.29, 0.717) is 48.7 Å². The SMILES string of the molecule is COc1cc(OC)c(-c2cc(CCc3cc(O)cc(O)c3)c(OC)cc2OC)cc1CCc1cc(O)cc(O)c1. The topological polar surface area (TPSA) is 118 Å². The highest BCUT2D eigenvalue weighted by atomic mass is 16.5. The molecule has 210 valence electrons. The van der Waals surface area contributed by atoms with E-state index in [1.54, 1.807) is 52.7 Å². The summed E-state index contributed by atoms with van der Waals surface area (Å²) in [5.41, 5.74) is 5.01. The van der Waals surface area contributed by atoms with Crippen LogP contribution in [0, 0.1) is 0 Å². The van der Waals surface area contributed by atoms with Gasteiger partial charge < -0.3 is 39.4 Å². The second-order valence-corrected chi connectivity index (χ2v) is 9.44. The predicted molar refractivity (Wildman–Crippen MR) is 152 cm³/mol. The van der Waals surface area contributed by atoms with E-state index >= 15 is 0 Å². The Morgan fingerprint density at radius 1 is 0.400 bits per heavy atom. The molecule has 4 aromatic rings. The van der Waals surface area contributed by atoms with Crippen LogP contribution < -0.4 is 18.9 Å². The minimum atomic E-state index is 0.00816. The first-order valence-electron chi connectivity index (χ1n) is 12.8. The lowest BCUT2D eigenvalue weighted by atomic mass is 9.94. The van der Waals surface area contributed by atoms with E-state index in [1.165, 1.54) is 12.1 Å². The van der Waals surface area contributed by atoms with E-state index < -0.39 is 0 Å². The largest absolute Gasteiger partial charge is 0.508 e. The Morgan fingerprint density at radius 3 is 1.02 bits per heavy atom. The molecule has 8 heteroatoms. The summed E-state index contributed by atoms with van der Waals surface area (Å²) < 4.78 is 22.8. The van der Waals surface area contributed by atoms with Crippen LogP contribution in [0.5, 0.6) is 46.0 Å². The van der Waals surface area contributed by atoms with Crippen LogP contribution >= 0.6 is 0 Å². The highest BCUT2D eigenvalue weighted by Gasteiger charge is 2.19. The predicted octanol–water partition coefficient (Wildman–Crippen LogP) is 5.78. The molecule has 4 N–H and O–H groups in total. The Labute approximate surface area is 233 Å². The summed E-state index contributed by atoms with van der Waals surface area (Å²) in [6, 6.07) is 16.8. The fourth-order valence-electron chi connectivity index (χ4n) is 4.90. The molecule has 0 saturated carbocycles. The highest BCUT2D eigenvalue weighted by molar-refractivity contribution is 5.79. The molecule has 0 bridgehead atoms. The van der Waals surface area contributed by atoms with E-state index in [0.717, 1.165) is 33.4 Å². The molecule has 0 aliphatic rings. The van der Waals surface area contributed by atoms with Gasteiger partial charge in [-0.1, -0.05) is 0 Å². The summed E-state index contributed by atoms with van der Waals surface area (Å²) in [7, 11) is 6.39. The molecule has 0 unspecified atom stereocenters. The molecule has 8 nitrogen and oxygen atoms in total. The summed E-state index contributed by atoms with van der Waals surface area (Å²) in [6.45, 7) is 0. The standard InChI is InChI=1S/C32H34O8/c1-37-29-17-31(39-3)27(13-21(29)7-5-19-9-23(33)15-24(34)10-19)28-14-22(30(38-2)18-32(28)40-4)8-6-20-11-25(35)16-26(36)12-20/h9-18,33-36H,5-8H2,1-4H3. The number of aryl methyl sites for hydroxylation is 4. The van der Waals surface area contributed by atoms with Crippen molar-refractivity contribution < 1.29 is 39.4 Å². The van der Waals surface area contributed by atoms with Gasteiger partial charge in [-0.25, -0.2) is 0 Å². The maximum atomic E-state index is 9.87. The van der Waals surface area contributed by atoms with Crippen LogP contribution in [0.25, 0.3) is 11.1 Å². The van der Waals surface area contributed by atoms with E-state index in [1.807, 2.05) is 24.3 Å². The lowest BCUT2D eigenvalue weighted by Gasteiger charge is -2.19. The third-order valence-corrected chi connectivity index (χ3v) is 6.79. The average molecular weight is 547 g/mol. The molecule has 0 radical (unpaired) electrons. The molecule has 0 aliphatic carbocycles. The number of hydrogen-bond acceptors (Lipinski definition) is 8. The zero-order valence-corrected chi connectivity index (χ0v) is 23.0. The van der Waals surface area contributed by atoms with Gasteiger partial charge in [0.15, 0.2) is 0 Å². The maximum Gasteiger partial charge on any atom is 0.130 e. The quantitative estimate of drug-likeness (QED) is 0.187. The van der Waals surface area contributed by atoms with Gasteiger partial charge in [-0.15, -0.1) is 0 Å². The normalized spacial score (nSPS) is 10.8. The molecular formula is C32H34O8. The molecule has 0 heterocycles. The van der Waals surface area contributed by atoms with Crippen molar-refractivity contribution in [1.29, 1.82) is 0 Å². The van der Waals surface area contributed by atoms with Gasteiger partial charge in [0.25, 0.3) is 0 Å². The second-order valence-electron chi connectivity index (χ2n) is 9.44. The minimum Gasteiger partial charge on any atom is -0.508 e. The Hall–Kier alpha value is -4.72. The van der Waals surface area contributed by atoms with Gasteiger partial charge in [-0.2, -0.15) is 0 Å². The number of rotatable bonds is 11. The van der Waals surface area contributed by atoms with Crippen molar-refractivity contribution in [1.82, 2.24) is 0 Å². The van der Waals surface area contributed by atoms with Crippen molar-refractivity contribution in [2.24, 2.45) is 0 Å². The summed E-state index contributed by atoms with van der Waals surface area (Å²) in [5.74, 6) is 2.54. The Balaban J connectivity index is 1.74. The summed E-state index contributed by atoms with van der Waals surface area (Å²) in [4.78, 5) is 0. The van der Waals surface area contributed by atoms with Gasteiger partial charge in [0.05, 0.1) is 28.4 Å². The van der Waals surface area contributed by atoms with Crippen molar-refractivity contribution in [3.05, 3.63) is 82.9 Å². The molecule has 0 atom stereocenters. The lowest BCUT2D eigenvalue weighted by molar-refractivity contribution is 0.388.